The Morgan fingerprint density at radius 3 is 3.00 bits per heavy atom. The largest absolute Gasteiger partial charge is 0.356 e. The van der Waals surface area contributed by atoms with E-state index in [-0.39, 0.29) is 6.04 Å². The second-order valence-electron chi connectivity index (χ2n) is 5.95. The van der Waals surface area contributed by atoms with Gasteiger partial charge in [-0.2, -0.15) is 0 Å². The summed E-state index contributed by atoms with van der Waals surface area (Å²) in [7, 11) is 0. The highest BCUT2D eigenvalue weighted by Crippen LogP contribution is 2.37. The number of halogens is 1. The zero-order valence-electron chi connectivity index (χ0n) is 11.8. The molecule has 0 bridgehead atoms. The molecular weight excluding hydrogens is 272 g/mol. The van der Waals surface area contributed by atoms with Crippen LogP contribution < -0.4 is 0 Å². The third kappa shape index (κ3) is 2.20. The Labute approximate surface area is 123 Å². The van der Waals surface area contributed by atoms with Gasteiger partial charge in [0.15, 0.2) is 0 Å². The summed E-state index contributed by atoms with van der Waals surface area (Å²) in [5, 5.41) is 1.96. The molecule has 3 nitrogen and oxygen atoms in total. The number of nitrogens with one attached hydrogen (secondary N) is 1. The highest BCUT2D eigenvalue weighted by Gasteiger charge is 2.29. The minimum absolute atomic E-state index is 0.155. The van der Waals surface area contributed by atoms with Crippen molar-refractivity contribution in [1.82, 2.24) is 9.88 Å². The monoisotopic (exact) mass is 290 g/mol. The van der Waals surface area contributed by atoms with Crippen LogP contribution in [0, 0.1) is 5.92 Å². The first-order valence-corrected chi connectivity index (χ1v) is 7.49. The molecule has 3 rings (SSSR count). The van der Waals surface area contributed by atoms with Gasteiger partial charge in [-0.15, -0.1) is 0 Å². The molecule has 0 aliphatic carbocycles. The van der Waals surface area contributed by atoms with Crippen molar-refractivity contribution < 1.29 is 4.79 Å². The summed E-state index contributed by atoms with van der Waals surface area (Å²) in [6, 6.07) is 6.10. The fraction of sp³-hybridized carbons (Fsp3) is 0.438. The van der Waals surface area contributed by atoms with Crippen molar-refractivity contribution >= 4 is 28.9 Å². The van der Waals surface area contributed by atoms with Gasteiger partial charge in [-0.05, 0) is 42.5 Å². The van der Waals surface area contributed by atoms with Crippen molar-refractivity contribution in [2.24, 2.45) is 5.92 Å². The summed E-state index contributed by atoms with van der Waals surface area (Å²) >= 11 is 6.11. The van der Waals surface area contributed by atoms with Gasteiger partial charge in [0.2, 0.25) is 6.41 Å². The van der Waals surface area contributed by atoms with Gasteiger partial charge >= 0.3 is 0 Å². The molecule has 1 atom stereocenters. The first-order chi connectivity index (χ1) is 9.60. The Bertz CT molecular complexity index is 647. The SMILES string of the molecule is CC(C)CC1c2[nH]c3ccc(Cl)cc3c2CCN1C=O. The van der Waals surface area contributed by atoms with E-state index in [4.69, 9.17) is 11.6 Å². The van der Waals surface area contributed by atoms with Crippen LogP contribution in [0.15, 0.2) is 18.2 Å². The van der Waals surface area contributed by atoms with E-state index in [2.05, 4.69) is 18.8 Å². The number of benzene rings is 1. The van der Waals surface area contributed by atoms with Crippen LogP contribution in [0.3, 0.4) is 0 Å². The molecule has 1 unspecified atom stereocenters. The van der Waals surface area contributed by atoms with E-state index in [1.807, 2.05) is 23.1 Å². The summed E-state index contributed by atoms with van der Waals surface area (Å²) < 4.78 is 0. The number of carbonyl (C=O) groups is 1. The number of nitrogens with zero attached hydrogens (tertiary/aromatic N) is 1. The lowest BCUT2D eigenvalue weighted by Crippen LogP contribution is -2.35. The van der Waals surface area contributed by atoms with E-state index < -0.39 is 0 Å². The predicted molar refractivity (Wildman–Crippen MR) is 82.0 cm³/mol. The second kappa shape index (κ2) is 5.13. The number of hydrogen-bond acceptors (Lipinski definition) is 1. The highest BCUT2D eigenvalue weighted by atomic mass is 35.5. The maximum absolute atomic E-state index is 11.3. The molecule has 4 heteroatoms. The lowest BCUT2D eigenvalue weighted by molar-refractivity contribution is -0.121. The zero-order chi connectivity index (χ0) is 14.3. The summed E-state index contributed by atoms with van der Waals surface area (Å²) in [6.45, 7) is 5.17. The Hall–Kier alpha value is -1.48. The molecule has 1 aliphatic heterocycles. The van der Waals surface area contributed by atoms with Crippen molar-refractivity contribution in [1.29, 1.82) is 0 Å². The lowest BCUT2D eigenvalue weighted by Gasteiger charge is -2.34. The Morgan fingerprint density at radius 1 is 1.50 bits per heavy atom. The van der Waals surface area contributed by atoms with Crippen molar-refractivity contribution in [3.05, 3.63) is 34.5 Å². The molecule has 0 radical (unpaired) electrons. The van der Waals surface area contributed by atoms with Gasteiger partial charge in [0.05, 0.1) is 6.04 Å². The van der Waals surface area contributed by atoms with Crippen LogP contribution in [0.2, 0.25) is 5.02 Å². The minimum atomic E-state index is 0.155. The van der Waals surface area contributed by atoms with Crippen LogP contribution >= 0.6 is 11.6 Å². The first kappa shape index (κ1) is 13.5. The summed E-state index contributed by atoms with van der Waals surface area (Å²) in [4.78, 5) is 16.7. The average Bonchev–Trinajstić information content (AvgIpc) is 2.77. The van der Waals surface area contributed by atoms with Crippen LogP contribution in [0.5, 0.6) is 0 Å². The number of carbonyl (C=O) groups excluding carboxylic acids is 1. The Kier molecular flexibility index (Phi) is 3.47. The lowest BCUT2D eigenvalue weighted by atomic mass is 9.92. The summed E-state index contributed by atoms with van der Waals surface area (Å²) in [6.07, 6.45) is 2.85. The number of rotatable bonds is 3. The average molecular weight is 291 g/mol. The third-order valence-corrected chi connectivity index (χ3v) is 4.32. The van der Waals surface area contributed by atoms with Crippen molar-refractivity contribution in [3.8, 4) is 0 Å². The molecule has 0 saturated carbocycles. The van der Waals surface area contributed by atoms with Gasteiger partial charge in [0.1, 0.15) is 0 Å². The van der Waals surface area contributed by atoms with Gasteiger partial charge in [0, 0.05) is 28.2 Å². The van der Waals surface area contributed by atoms with Crippen molar-refractivity contribution in [2.45, 2.75) is 32.7 Å². The molecule has 2 aromatic rings. The smallest absolute Gasteiger partial charge is 0.210 e. The molecule has 0 fully saturated rings. The summed E-state index contributed by atoms with van der Waals surface area (Å²) in [5.74, 6) is 0.545. The maximum atomic E-state index is 11.3. The molecule has 20 heavy (non-hydrogen) atoms. The first-order valence-electron chi connectivity index (χ1n) is 7.11. The number of hydrogen-bond donors (Lipinski definition) is 1. The van der Waals surface area contributed by atoms with Crippen molar-refractivity contribution in [2.75, 3.05) is 6.54 Å². The molecule has 1 aromatic heterocycles. The number of aromatic nitrogens is 1. The normalized spacial score (nSPS) is 18.6. The minimum Gasteiger partial charge on any atom is -0.356 e. The predicted octanol–water partition coefficient (Wildman–Crippen LogP) is 3.92. The van der Waals surface area contributed by atoms with Crippen molar-refractivity contribution in [3.63, 3.8) is 0 Å². The Balaban J connectivity index is 2.13. The van der Waals surface area contributed by atoms with E-state index in [1.165, 1.54) is 16.6 Å². The molecule has 1 N–H and O–H groups in total. The van der Waals surface area contributed by atoms with Gasteiger partial charge in [-0.3, -0.25) is 4.79 Å². The molecular formula is C16H19ClN2O. The zero-order valence-corrected chi connectivity index (χ0v) is 12.6. The highest BCUT2D eigenvalue weighted by molar-refractivity contribution is 6.31. The third-order valence-electron chi connectivity index (χ3n) is 4.08. The number of aromatic amines is 1. The molecule has 1 aromatic carbocycles. The fourth-order valence-electron chi connectivity index (χ4n) is 3.18. The van der Waals surface area contributed by atoms with Crippen LogP contribution in [0.4, 0.5) is 0 Å². The van der Waals surface area contributed by atoms with E-state index >= 15 is 0 Å². The van der Waals surface area contributed by atoms with Crippen LogP contribution in [0.25, 0.3) is 10.9 Å². The van der Waals surface area contributed by atoms with Gasteiger partial charge in [-0.25, -0.2) is 0 Å². The standard InChI is InChI=1S/C16H19ClN2O/c1-10(2)7-15-16-12(5-6-19(15)9-20)13-8-11(17)3-4-14(13)18-16/h3-4,8-10,15,18H,5-7H2,1-2H3. The summed E-state index contributed by atoms with van der Waals surface area (Å²) in [5.41, 5.74) is 3.63. The molecule has 2 heterocycles. The van der Waals surface area contributed by atoms with E-state index in [1.54, 1.807) is 0 Å². The molecule has 0 saturated heterocycles. The molecule has 1 amide bonds. The topological polar surface area (TPSA) is 36.1 Å². The van der Waals surface area contributed by atoms with Gasteiger partial charge in [-0.1, -0.05) is 25.4 Å². The van der Waals surface area contributed by atoms with E-state index in [0.717, 1.165) is 36.3 Å². The van der Waals surface area contributed by atoms with E-state index in [0.29, 0.717) is 5.92 Å². The number of amides is 1. The van der Waals surface area contributed by atoms with Crippen LogP contribution in [-0.2, 0) is 11.2 Å². The van der Waals surface area contributed by atoms with E-state index in [9.17, 15) is 4.79 Å². The fourth-order valence-corrected chi connectivity index (χ4v) is 3.36. The maximum Gasteiger partial charge on any atom is 0.210 e. The van der Waals surface area contributed by atoms with Crippen LogP contribution in [0.1, 0.15) is 37.6 Å². The van der Waals surface area contributed by atoms with Gasteiger partial charge < -0.3 is 9.88 Å². The quantitative estimate of drug-likeness (QED) is 0.855. The Morgan fingerprint density at radius 2 is 2.30 bits per heavy atom. The molecule has 0 spiro atoms. The molecule has 106 valence electrons. The van der Waals surface area contributed by atoms with Gasteiger partial charge in [0.25, 0.3) is 0 Å². The number of fused-ring (bicyclic) bond motifs is 3. The number of H-pyrrole nitrogens is 1. The molecule has 1 aliphatic rings. The second-order valence-corrected chi connectivity index (χ2v) is 6.38. The van der Waals surface area contributed by atoms with Crippen LogP contribution in [-0.4, -0.2) is 22.8 Å².